The van der Waals surface area contributed by atoms with Gasteiger partial charge in [-0.05, 0) is 25.2 Å². The lowest BCUT2D eigenvalue weighted by molar-refractivity contribution is -0.140. The lowest BCUT2D eigenvalue weighted by atomic mass is 10.1. The average Bonchev–Trinajstić information content (AvgIpc) is 2.70. The molecule has 3 nitrogen and oxygen atoms in total. The van der Waals surface area contributed by atoms with E-state index in [1.54, 1.807) is 7.05 Å². The number of hydrogen-bond acceptors (Lipinski definition) is 3. The minimum atomic E-state index is -4.78. The Morgan fingerprint density at radius 2 is 2.11 bits per heavy atom. The largest absolute Gasteiger partial charge is 0.419 e. The number of amides is 1. The molecule has 104 valence electrons. The summed E-state index contributed by atoms with van der Waals surface area (Å²) < 4.78 is 50.9. The van der Waals surface area contributed by atoms with E-state index in [-0.39, 0.29) is 17.5 Å². The van der Waals surface area contributed by atoms with Crippen LogP contribution in [0.4, 0.5) is 23.2 Å². The molecule has 0 bridgehead atoms. The Hall–Kier alpha value is -1.28. The van der Waals surface area contributed by atoms with Crippen LogP contribution in [0.5, 0.6) is 0 Å². The fourth-order valence-electron chi connectivity index (χ4n) is 1.73. The first kappa shape index (κ1) is 14.1. The Balaban J connectivity index is 2.35. The van der Waals surface area contributed by atoms with Crippen molar-refractivity contribution < 1.29 is 22.4 Å². The maximum absolute atomic E-state index is 13.2. The van der Waals surface area contributed by atoms with Gasteiger partial charge in [0.05, 0.1) is 11.4 Å². The summed E-state index contributed by atoms with van der Waals surface area (Å²) in [5.74, 6) is -1.46. The maximum atomic E-state index is 13.2. The number of benzene rings is 1. The number of likely N-dealkylation sites (N-methyl/N-ethyl adjacent to an activating group) is 1. The third kappa shape index (κ3) is 2.69. The van der Waals surface area contributed by atoms with E-state index in [1.165, 1.54) is 22.7 Å². The average molecular weight is 294 g/mol. The SMILES string of the molecule is CNC1SCN(c2ccc(F)c(C(F)(F)F)c2)C1=O. The summed E-state index contributed by atoms with van der Waals surface area (Å²) >= 11 is 1.26. The van der Waals surface area contributed by atoms with Crippen LogP contribution in [0.2, 0.25) is 0 Å². The van der Waals surface area contributed by atoms with Crippen molar-refractivity contribution in [3.8, 4) is 0 Å². The van der Waals surface area contributed by atoms with Crippen molar-refractivity contribution in [2.45, 2.75) is 11.6 Å². The zero-order valence-corrected chi connectivity index (χ0v) is 10.6. The lowest BCUT2D eigenvalue weighted by Crippen LogP contribution is -2.35. The van der Waals surface area contributed by atoms with E-state index in [0.717, 1.165) is 6.07 Å². The maximum Gasteiger partial charge on any atom is 0.419 e. The number of rotatable bonds is 2. The third-order valence-electron chi connectivity index (χ3n) is 2.69. The zero-order chi connectivity index (χ0) is 14.2. The highest BCUT2D eigenvalue weighted by Gasteiger charge is 2.37. The van der Waals surface area contributed by atoms with Gasteiger partial charge in [0.15, 0.2) is 0 Å². The Morgan fingerprint density at radius 1 is 1.42 bits per heavy atom. The van der Waals surface area contributed by atoms with Gasteiger partial charge in [-0.15, -0.1) is 11.8 Å². The number of hydrogen-bond donors (Lipinski definition) is 1. The molecule has 0 saturated carbocycles. The van der Waals surface area contributed by atoms with Crippen molar-refractivity contribution >= 4 is 23.4 Å². The smallest absolute Gasteiger partial charge is 0.301 e. The van der Waals surface area contributed by atoms with Crippen molar-refractivity contribution in [1.82, 2.24) is 5.32 Å². The molecule has 1 fully saturated rings. The molecule has 0 aromatic heterocycles. The first-order valence-corrected chi connectivity index (χ1v) is 6.36. The summed E-state index contributed by atoms with van der Waals surface area (Å²) in [7, 11) is 1.59. The first-order valence-electron chi connectivity index (χ1n) is 5.31. The van der Waals surface area contributed by atoms with Crippen LogP contribution in [-0.2, 0) is 11.0 Å². The van der Waals surface area contributed by atoms with Crippen LogP contribution in [0.3, 0.4) is 0 Å². The van der Waals surface area contributed by atoms with Gasteiger partial charge in [-0.2, -0.15) is 13.2 Å². The van der Waals surface area contributed by atoms with Gasteiger partial charge >= 0.3 is 6.18 Å². The molecule has 1 aliphatic rings. The number of alkyl halides is 3. The molecule has 1 aromatic carbocycles. The van der Waals surface area contributed by atoms with E-state index in [1.807, 2.05) is 0 Å². The molecule has 1 aromatic rings. The molecule has 1 amide bonds. The molecule has 1 N–H and O–H groups in total. The second-order valence-electron chi connectivity index (χ2n) is 3.89. The predicted molar refractivity (Wildman–Crippen MR) is 64.2 cm³/mol. The second-order valence-corrected chi connectivity index (χ2v) is 4.96. The number of halogens is 4. The summed E-state index contributed by atoms with van der Waals surface area (Å²) in [4.78, 5) is 13.0. The van der Waals surface area contributed by atoms with Crippen LogP contribution >= 0.6 is 11.8 Å². The van der Waals surface area contributed by atoms with E-state index in [9.17, 15) is 22.4 Å². The van der Waals surface area contributed by atoms with Crippen LogP contribution in [0.15, 0.2) is 18.2 Å². The monoisotopic (exact) mass is 294 g/mol. The molecule has 19 heavy (non-hydrogen) atoms. The molecule has 1 heterocycles. The number of nitrogens with zero attached hydrogens (tertiary/aromatic N) is 1. The fourth-order valence-corrected chi connectivity index (χ4v) is 2.74. The molecule has 8 heteroatoms. The standard InChI is InChI=1S/C11H10F4N2OS/c1-16-9-10(18)17(5-19-9)6-2-3-8(12)7(4-6)11(13,14)15/h2-4,9,16H,5H2,1H3. The Kier molecular flexibility index (Phi) is 3.73. The van der Waals surface area contributed by atoms with Gasteiger partial charge in [0, 0.05) is 5.69 Å². The Bertz CT molecular complexity index is 506. The molecule has 1 aliphatic heterocycles. The highest BCUT2D eigenvalue weighted by Crippen LogP contribution is 2.35. The van der Waals surface area contributed by atoms with E-state index in [2.05, 4.69) is 5.32 Å². The molecule has 2 rings (SSSR count). The summed E-state index contributed by atoms with van der Waals surface area (Å²) in [5.41, 5.74) is -1.32. The van der Waals surface area contributed by atoms with Gasteiger partial charge in [-0.25, -0.2) is 4.39 Å². The number of anilines is 1. The summed E-state index contributed by atoms with van der Waals surface area (Å²) in [5, 5.41) is 2.26. The fraction of sp³-hybridized carbons (Fsp3) is 0.364. The summed E-state index contributed by atoms with van der Waals surface area (Å²) in [6, 6.07) is 2.55. The van der Waals surface area contributed by atoms with Crippen molar-refractivity contribution in [2.24, 2.45) is 0 Å². The van der Waals surface area contributed by atoms with Crippen LogP contribution in [0.25, 0.3) is 0 Å². The molecule has 0 spiro atoms. The Labute approximate surface area is 111 Å². The van der Waals surface area contributed by atoms with Crippen LogP contribution in [0.1, 0.15) is 5.56 Å². The summed E-state index contributed by atoms with van der Waals surface area (Å²) in [6.07, 6.45) is -4.78. The second kappa shape index (κ2) is 5.01. The van der Waals surface area contributed by atoms with Gasteiger partial charge in [0.2, 0.25) is 0 Å². The molecular weight excluding hydrogens is 284 g/mol. The van der Waals surface area contributed by atoms with Gasteiger partial charge in [0.25, 0.3) is 5.91 Å². The summed E-state index contributed by atoms with van der Waals surface area (Å²) in [6.45, 7) is 0. The van der Waals surface area contributed by atoms with Crippen molar-refractivity contribution in [2.75, 3.05) is 17.8 Å². The van der Waals surface area contributed by atoms with Crippen molar-refractivity contribution in [3.05, 3.63) is 29.6 Å². The minimum absolute atomic E-state index is 0.0453. The normalized spacial score (nSPS) is 20.2. The zero-order valence-electron chi connectivity index (χ0n) is 9.79. The quantitative estimate of drug-likeness (QED) is 0.850. The van der Waals surface area contributed by atoms with Crippen LogP contribution in [0, 0.1) is 5.82 Å². The minimum Gasteiger partial charge on any atom is -0.301 e. The van der Waals surface area contributed by atoms with E-state index >= 15 is 0 Å². The van der Waals surface area contributed by atoms with Crippen LogP contribution in [-0.4, -0.2) is 24.2 Å². The molecule has 1 unspecified atom stereocenters. The van der Waals surface area contributed by atoms with E-state index in [0.29, 0.717) is 6.07 Å². The molecule has 0 aliphatic carbocycles. The van der Waals surface area contributed by atoms with E-state index < -0.39 is 22.9 Å². The number of carbonyl (C=O) groups excluding carboxylic acids is 1. The Morgan fingerprint density at radius 3 is 2.63 bits per heavy atom. The first-order chi connectivity index (χ1) is 8.84. The highest BCUT2D eigenvalue weighted by atomic mass is 32.2. The number of thioether (sulfide) groups is 1. The molecule has 1 saturated heterocycles. The van der Waals surface area contributed by atoms with Gasteiger partial charge < -0.3 is 10.2 Å². The molecule has 0 radical (unpaired) electrons. The highest BCUT2D eigenvalue weighted by molar-refractivity contribution is 8.01. The van der Waals surface area contributed by atoms with Gasteiger partial charge in [-0.3, -0.25) is 4.79 Å². The lowest BCUT2D eigenvalue weighted by Gasteiger charge is -2.17. The predicted octanol–water partition coefficient (Wildman–Crippen LogP) is 2.43. The topological polar surface area (TPSA) is 32.3 Å². The van der Waals surface area contributed by atoms with Gasteiger partial charge in [-0.1, -0.05) is 0 Å². The number of nitrogens with one attached hydrogen (secondary N) is 1. The molecule has 1 atom stereocenters. The van der Waals surface area contributed by atoms with E-state index in [4.69, 9.17) is 0 Å². The van der Waals surface area contributed by atoms with Gasteiger partial charge in [0.1, 0.15) is 11.2 Å². The van der Waals surface area contributed by atoms with Crippen molar-refractivity contribution in [3.63, 3.8) is 0 Å². The number of carbonyl (C=O) groups is 1. The third-order valence-corrected chi connectivity index (χ3v) is 3.87. The molecular formula is C11H10F4N2OS. The van der Waals surface area contributed by atoms with Crippen molar-refractivity contribution in [1.29, 1.82) is 0 Å². The van der Waals surface area contributed by atoms with Crippen LogP contribution < -0.4 is 10.2 Å².